The second-order valence-corrected chi connectivity index (χ2v) is 8.06. The van der Waals surface area contributed by atoms with Gasteiger partial charge in [-0.3, -0.25) is 9.29 Å². The van der Waals surface area contributed by atoms with Crippen LogP contribution in [0.5, 0.6) is 0 Å². The average Bonchev–Trinajstić information content (AvgIpc) is 3.13. The van der Waals surface area contributed by atoms with Crippen molar-refractivity contribution in [1.29, 1.82) is 0 Å². The number of fused-ring (bicyclic) bond motifs is 1. The number of nitrogens with zero attached hydrogens (tertiary/aromatic N) is 2. The van der Waals surface area contributed by atoms with Crippen LogP contribution in [0.2, 0.25) is 0 Å². The molecule has 0 amide bonds. The van der Waals surface area contributed by atoms with Crippen molar-refractivity contribution in [3.05, 3.63) is 64.7 Å². The zero-order chi connectivity index (χ0) is 20.1. The van der Waals surface area contributed by atoms with E-state index in [-0.39, 0.29) is 4.90 Å². The standard InChI is InChI=1S/C19H17N3O5S/c1-11-18(20-12(2)26-11)13-4-7-15(8-5-13)28(24,25)21-14-6-9-17-16(10-14)22(3)19(23)27-17/h4-10,21H,1-3H3. The average molecular weight is 399 g/mol. The van der Waals surface area contributed by atoms with Crippen molar-refractivity contribution in [3.8, 4) is 11.3 Å². The van der Waals surface area contributed by atoms with Gasteiger partial charge in [-0.25, -0.2) is 18.2 Å². The molecule has 4 aromatic rings. The summed E-state index contributed by atoms with van der Waals surface area (Å²) in [5.41, 5.74) is 2.66. The van der Waals surface area contributed by atoms with Crippen LogP contribution in [0.25, 0.3) is 22.4 Å². The van der Waals surface area contributed by atoms with Crippen LogP contribution in [0.1, 0.15) is 11.7 Å². The van der Waals surface area contributed by atoms with E-state index >= 15 is 0 Å². The van der Waals surface area contributed by atoms with Gasteiger partial charge in [0.2, 0.25) is 0 Å². The Morgan fingerprint density at radius 3 is 2.39 bits per heavy atom. The first-order valence-corrected chi connectivity index (χ1v) is 9.90. The van der Waals surface area contributed by atoms with Gasteiger partial charge in [-0.1, -0.05) is 12.1 Å². The largest absolute Gasteiger partial charge is 0.446 e. The highest BCUT2D eigenvalue weighted by Gasteiger charge is 2.17. The van der Waals surface area contributed by atoms with Gasteiger partial charge in [-0.05, 0) is 37.3 Å². The maximum Gasteiger partial charge on any atom is 0.419 e. The summed E-state index contributed by atoms with van der Waals surface area (Å²) in [7, 11) is -2.25. The van der Waals surface area contributed by atoms with Crippen LogP contribution in [-0.4, -0.2) is 18.0 Å². The molecular formula is C19H17N3O5S. The van der Waals surface area contributed by atoms with E-state index in [4.69, 9.17) is 8.83 Å². The van der Waals surface area contributed by atoms with Crippen molar-refractivity contribution in [1.82, 2.24) is 9.55 Å². The van der Waals surface area contributed by atoms with Gasteiger partial charge in [0.1, 0.15) is 11.5 Å². The van der Waals surface area contributed by atoms with Gasteiger partial charge in [-0.15, -0.1) is 0 Å². The Hall–Kier alpha value is -3.33. The molecule has 0 fully saturated rings. The Morgan fingerprint density at radius 2 is 1.75 bits per heavy atom. The molecule has 0 aliphatic rings. The monoisotopic (exact) mass is 399 g/mol. The molecule has 0 radical (unpaired) electrons. The summed E-state index contributed by atoms with van der Waals surface area (Å²) < 4.78 is 39.7. The van der Waals surface area contributed by atoms with Crippen molar-refractivity contribution in [2.75, 3.05) is 4.72 Å². The maximum absolute atomic E-state index is 12.7. The number of nitrogens with one attached hydrogen (secondary N) is 1. The third-order valence-electron chi connectivity index (χ3n) is 4.39. The predicted octanol–water partition coefficient (Wildman–Crippen LogP) is 3.20. The highest BCUT2D eigenvalue weighted by Crippen LogP contribution is 2.26. The van der Waals surface area contributed by atoms with Crippen LogP contribution in [0.15, 0.2) is 61.0 Å². The fourth-order valence-electron chi connectivity index (χ4n) is 2.99. The second kappa shape index (κ2) is 6.38. The van der Waals surface area contributed by atoms with Crippen LogP contribution in [0.3, 0.4) is 0 Å². The third kappa shape index (κ3) is 3.09. The fourth-order valence-corrected chi connectivity index (χ4v) is 4.04. The summed E-state index contributed by atoms with van der Waals surface area (Å²) in [4.78, 5) is 16.0. The first kappa shape index (κ1) is 18.1. The molecule has 1 N–H and O–H groups in total. The molecule has 144 valence electrons. The highest BCUT2D eigenvalue weighted by molar-refractivity contribution is 7.92. The number of hydrogen-bond donors (Lipinski definition) is 1. The number of rotatable bonds is 4. The number of aryl methyl sites for hydroxylation is 3. The smallest absolute Gasteiger partial charge is 0.419 e. The summed E-state index contributed by atoms with van der Waals surface area (Å²) >= 11 is 0. The first-order valence-electron chi connectivity index (χ1n) is 8.41. The molecule has 8 nitrogen and oxygen atoms in total. The number of hydrogen-bond acceptors (Lipinski definition) is 6. The Balaban J connectivity index is 1.64. The lowest BCUT2D eigenvalue weighted by atomic mass is 10.1. The lowest BCUT2D eigenvalue weighted by Crippen LogP contribution is -2.13. The Kier molecular flexibility index (Phi) is 4.11. The highest BCUT2D eigenvalue weighted by atomic mass is 32.2. The molecule has 0 aliphatic heterocycles. The topological polar surface area (TPSA) is 107 Å². The Morgan fingerprint density at radius 1 is 1.04 bits per heavy atom. The van der Waals surface area contributed by atoms with Gasteiger partial charge < -0.3 is 8.83 Å². The van der Waals surface area contributed by atoms with Crippen LogP contribution in [0.4, 0.5) is 5.69 Å². The van der Waals surface area contributed by atoms with Crippen molar-refractivity contribution < 1.29 is 17.3 Å². The summed E-state index contributed by atoms with van der Waals surface area (Å²) in [6.07, 6.45) is 0. The molecule has 0 atom stereocenters. The summed E-state index contributed by atoms with van der Waals surface area (Å²) in [5.74, 6) is 0.712. The van der Waals surface area contributed by atoms with Crippen molar-refractivity contribution >= 4 is 26.8 Å². The van der Waals surface area contributed by atoms with E-state index < -0.39 is 15.8 Å². The van der Waals surface area contributed by atoms with Gasteiger partial charge >= 0.3 is 5.76 Å². The van der Waals surface area contributed by atoms with E-state index in [1.165, 1.54) is 16.7 Å². The number of benzene rings is 2. The normalized spacial score (nSPS) is 11.8. The number of oxazole rings is 2. The molecule has 2 aromatic carbocycles. The zero-order valence-electron chi connectivity index (χ0n) is 15.4. The van der Waals surface area contributed by atoms with Crippen molar-refractivity contribution in [2.45, 2.75) is 18.7 Å². The van der Waals surface area contributed by atoms with Crippen molar-refractivity contribution in [2.24, 2.45) is 7.05 Å². The van der Waals surface area contributed by atoms with Crippen LogP contribution < -0.4 is 10.5 Å². The Labute approximate surface area is 160 Å². The number of anilines is 1. The number of sulfonamides is 1. The maximum atomic E-state index is 12.7. The fraction of sp³-hybridized carbons (Fsp3) is 0.158. The molecule has 0 saturated heterocycles. The minimum atomic E-state index is -3.80. The molecule has 2 aromatic heterocycles. The molecule has 0 unspecified atom stereocenters. The van der Waals surface area contributed by atoms with Crippen LogP contribution in [-0.2, 0) is 17.1 Å². The van der Waals surface area contributed by atoms with E-state index in [2.05, 4.69) is 9.71 Å². The van der Waals surface area contributed by atoms with E-state index in [0.717, 1.165) is 5.56 Å². The summed E-state index contributed by atoms with van der Waals surface area (Å²) in [5, 5.41) is 0. The third-order valence-corrected chi connectivity index (χ3v) is 5.78. The molecular weight excluding hydrogens is 382 g/mol. The molecule has 2 heterocycles. The molecule has 0 aliphatic carbocycles. The zero-order valence-corrected chi connectivity index (χ0v) is 16.2. The molecule has 0 spiro atoms. The first-order chi connectivity index (χ1) is 13.2. The van der Waals surface area contributed by atoms with Gasteiger partial charge in [-0.2, -0.15) is 0 Å². The quantitative estimate of drug-likeness (QED) is 0.565. The molecule has 4 rings (SSSR count). The lowest BCUT2D eigenvalue weighted by Gasteiger charge is -2.09. The molecule has 0 bridgehead atoms. The van der Waals surface area contributed by atoms with E-state index in [1.807, 2.05) is 0 Å². The summed E-state index contributed by atoms with van der Waals surface area (Å²) in [6.45, 7) is 3.56. The van der Waals surface area contributed by atoms with Crippen LogP contribution in [0, 0.1) is 13.8 Å². The predicted molar refractivity (Wildman–Crippen MR) is 104 cm³/mol. The van der Waals surface area contributed by atoms with Gasteiger partial charge in [0, 0.05) is 19.5 Å². The minimum absolute atomic E-state index is 0.107. The van der Waals surface area contributed by atoms with Crippen molar-refractivity contribution in [3.63, 3.8) is 0 Å². The minimum Gasteiger partial charge on any atom is -0.446 e. The van der Waals surface area contributed by atoms with Gasteiger partial charge in [0.05, 0.1) is 16.1 Å². The van der Waals surface area contributed by atoms with Gasteiger partial charge in [0.15, 0.2) is 11.5 Å². The van der Waals surface area contributed by atoms with Crippen LogP contribution >= 0.6 is 0 Å². The molecule has 9 heteroatoms. The lowest BCUT2D eigenvalue weighted by molar-refractivity contribution is 0.495. The van der Waals surface area contributed by atoms with E-state index in [0.29, 0.717) is 34.1 Å². The second-order valence-electron chi connectivity index (χ2n) is 6.38. The molecule has 0 saturated carbocycles. The Bertz CT molecular complexity index is 1340. The van der Waals surface area contributed by atoms with E-state index in [9.17, 15) is 13.2 Å². The van der Waals surface area contributed by atoms with Gasteiger partial charge in [0.25, 0.3) is 10.0 Å². The summed E-state index contributed by atoms with van der Waals surface area (Å²) in [6, 6.07) is 11.0. The molecule has 28 heavy (non-hydrogen) atoms. The SMILES string of the molecule is Cc1nc(-c2ccc(S(=O)(=O)Nc3ccc4oc(=O)n(C)c4c3)cc2)c(C)o1. The number of aromatic nitrogens is 2. The van der Waals surface area contributed by atoms with E-state index in [1.54, 1.807) is 51.2 Å².